The average Bonchev–Trinajstić information content (AvgIpc) is 3.47. The molecule has 1 saturated heterocycles. The maximum Gasteiger partial charge on any atom is 0.166 e. The molecule has 1 aromatic carbocycles. The van der Waals surface area contributed by atoms with E-state index in [1.165, 1.54) is 24.7 Å². The number of nitrogens with two attached hydrogens (primary N) is 1. The van der Waals surface area contributed by atoms with E-state index in [-0.39, 0.29) is 23.6 Å². The smallest absolute Gasteiger partial charge is 0.166 e. The number of benzene rings is 1. The van der Waals surface area contributed by atoms with Gasteiger partial charge in [-0.3, -0.25) is 4.98 Å². The van der Waals surface area contributed by atoms with E-state index in [9.17, 15) is 8.78 Å². The lowest BCUT2D eigenvalue weighted by atomic mass is 9.98. The third-order valence-corrected chi connectivity index (χ3v) is 6.67. The molecule has 6 rings (SSSR count). The minimum Gasteiger partial charge on any atom is -0.383 e. The standard InChI is InChI=1S/C25H23F2N5O2/c1-25(2)33-21-14(4-3-13-9-18(26)20(27)15-5-7-29-11-17(13)15)10-19(22(21)34-25)32-8-6-16-23(28)30-12-31-24(16)32/h5-12,19,21-22H,3-4H2,1-2H3,(H2,28,30,31)/t19-,21-,22+/m1/s1. The number of hydrogen-bond donors (Lipinski definition) is 1. The molecule has 4 heterocycles. The quantitative estimate of drug-likeness (QED) is 0.449. The fraction of sp³-hybridized carbons (Fsp3) is 0.320. The third kappa shape index (κ3) is 3.26. The highest BCUT2D eigenvalue weighted by atomic mass is 19.2. The Labute approximate surface area is 194 Å². The molecule has 1 aliphatic carbocycles. The van der Waals surface area contributed by atoms with E-state index in [0.29, 0.717) is 29.6 Å². The highest BCUT2D eigenvalue weighted by Crippen LogP contribution is 2.45. The van der Waals surface area contributed by atoms with Crippen molar-refractivity contribution < 1.29 is 18.3 Å². The Kier molecular flexibility index (Phi) is 4.69. The molecule has 174 valence electrons. The number of anilines is 1. The molecule has 1 aliphatic heterocycles. The molecule has 0 saturated carbocycles. The van der Waals surface area contributed by atoms with Gasteiger partial charge in [-0.25, -0.2) is 18.7 Å². The lowest BCUT2D eigenvalue weighted by Crippen LogP contribution is -2.27. The van der Waals surface area contributed by atoms with Crippen LogP contribution < -0.4 is 5.73 Å². The van der Waals surface area contributed by atoms with Gasteiger partial charge in [0, 0.05) is 29.4 Å². The summed E-state index contributed by atoms with van der Waals surface area (Å²) < 4.78 is 43.1. The molecule has 2 aliphatic rings. The molecule has 34 heavy (non-hydrogen) atoms. The first-order valence-electron chi connectivity index (χ1n) is 11.2. The molecule has 0 unspecified atom stereocenters. The maximum absolute atomic E-state index is 14.3. The summed E-state index contributed by atoms with van der Waals surface area (Å²) in [5.41, 5.74) is 8.50. The topological polar surface area (TPSA) is 88.1 Å². The number of hydrogen-bond acceptors (Lipinski definition) is 6. The van der Waals surface area contributed by atoms with Crippen molar-refractivity contribution in [2.75, 3.05) is 5.73 Å². The highest BCUT2D eigenvalue weighted by Gasteiger charge is 2.50. The Bertz CT molecular complexity index is 1460. The number of halogens is 2. The van der Waals surface area contributed by atoms with Crippen LogP contribution in [0, 0.1) is 11.6 Å². The van der Waals surface area contributed by atoms with Crippen molar-refractivity contribution in [3.8, 4) is 0 Å². The van der Waals surface area contributed by atoms with E-state index in [1.807, 2.05) is 30.7 Å². The van der Waals surface area contributed by atoms with Crippen LogP contribution >= 0.6 is 0 Å². The average molecular weight is 463 g/mol. The summed E-state index contributed by atoms with van der Waals surface area (Å²) in [6, 6.07) is 4.50. The van der Waals surface area contributed by atoms with Crippen LogP contribution in [0.25, 0.3) is 21.8 Å². The summed E-state index contributed by atoms with van der Waals surface area (Å²) >= 11 is 0. The summed E-state index contributed by atoms with van der Waals surface area (Å²) in [5.74, 6) is -2.04. The Balaban J connectivity index is 1.36. The minimum absolute atomic E-state index is 0.156. The summed E-state index contributed by atoms with van der Waals surface area (Å²) in [6.07, 6.45) is 9.15. The van der Waals surface area contributed by atoms with Crippen molar-refractivity contribution in [1.29, 1.82) is 0 Å². The van der Waals surface area contributed by atoms with Crippen LogP contribution in [0.4, 0.5) is 14.6 Å². The fourth-order valence-electron chi connectivity index (χ4n) is 5.18. The van der Waals surface area contributed by atoms with Crippen molar-refractivity contribution in [3.63, 3.8) is 0 Å². The van der Waals surface area contributed by atoms with Gasteiger partial charge in [0.2, 0.25) is 0 Å². The van der Waals surface area contributed by atoms with E-state index < -0.39 is 17.4 Å². The lowest BCUT2D eigenvalue weighted by Gasteiger charge is -2.22. The molecule has 0 spiro atoms. The Morgan fingerprint density at radius 3 is 2.79 bits per heavy atom. The van der Waals surface area contributed by atoms with Crippen LogP contribution in [0.5, 0.6) is 0 Å². The van der Waals surface area contributed by atoms with Crippen LogP contribution in [0.2, 0.25) is 0 Å². The van der Waals surface area contributed by atoms with Gasteiger partial charge in [0.25, 0.3) is 0 Å². The molecule has 0 bridgehead atoms. The van der Waals surface area contributed by atoms with Gasteiger partial charge in [-0.05, 0) is 56.0 Å². The van der Waals surface area contributed by atoms with Gasteiger partial charge in [-0.15, -0.1) is 0 Å². The first-order valence-corrected chi connectivity index (χ1v) is 11.2. The van der Waals surface area contributed by atoms with Crippen LogP contribution in [0.1, 0.15) is 31.9 Å². The largest absolute Gasteiger partial charge is 0.383 e. The lowest BCUT2D eigenvalue weighted by molar-refractivity contribution is -0.147. The third-order valence-electron chi connectivity index (χ3n) is 6.67. The highest BCUT2D eigenvalue weighted by molar-refractivity contribution is 5.86. The van der Waals surface area contributed by atoms with Gasteiger partial charge in [-0.1, -0.05) is 6.08 Å². The van der Waals surface area contributed by atoms with Gasteiger partial charge >= 0.3 is 0 Å². The van der Waals surface area contributed by atoms with E-state index in [4.69, 9.17) is 15.2 Å². The Morgan fingerprint density at radius 1 is 1.09 bits per heavy atom. The zero-order chi connectivity index (χ0) is 23.6. The molecule has 9 heteroatoms. The molecule has 0 amide bonds. The second-order valence-corrected chi connectivity index (χ2v) is 9.22. The number of pyridine rings is 1. The van der Waals surface area contributed by atoms with Crippen molar-refractivity contribution in [2.24, 2.45) is 0 Å². The Hall–Kier alpha value is -3.43. The number of aromatic nitrogens is 4. The van der Waals surface area contributed by atoms with E-state index in [1.54, 1.807) is 6.20 Å². The van der Waals surface area contributed by atoms with E-state index >= 15 is 0 Å². The van der Waals surface area contributed by atoms with Crippen LogP contribution in [-0.2, 0) is 15.9 Å². The van der Waals surface area contributed by atoms with Crippen molar-refractivity contribution in [1.82, 2.24) is 19.5 Å². The van der Waals surface area contributed by atoms with Gasteiger partial charge in [-0.2, -0.15) is 0 Å². The summed E-state index contributed by atoms with van der Waals surface area (Å²) in [5, 5.41) is 1.62. The van der Waals surface area contributed by atoms with E-state index in [2.05, 4.69) is 21.0 Å². The monoisotopic (exact) mass is 463 g/mol. The molecule has 3 aromatic heterocycles. The fourth-order valence-corrected chi connectivity index (χ4v) is 5.18. The van der Waals surface area contributed by atoms with Gasteiger partial charge in [0.15, 0.2) is 17.4 Å². The number of aryl methyl sites for hydroxylation is 1. The van der Waals surface area contributed by atoms with Gasteiger partial charge in [0.05, 0.1) is 11.4 Å². The summed E-state index contributed by atoms with van der Waals surface area (Å²) in [4.78, 5) is 12.6. The molecule has 4 aromatic rings. The number of ether oxygens (including phenoxy) is 2. The molecule has 1 fully saturated rings. The molecular formula is C25H23F2N5O2. The molecule has 0 radical (unpaired) electrons. The number of rotatable bonds is 4. The predicted octanol–water partition coefficient (Wildman–Crippen LogP) is 4.47. The Morgan fingerprint density at radius 2 is 1.94 bits per heavy atom. The zero-order valence-electron chi connectivity index (χ0n) is 18.7. The van der Waals surface area contributed by atoms with Crippen molar-refractivity contribution >= 4 is 27.6 Å². The van der Waals surface area contributed by atoms with Crippen LogP contribution in [-0.4, -0.2) is 37.5 Å². The molecule has 3 atom stereocenters. The number of nitrogen functional groups attached to an aromatic ring is 1. The first-order chi connectivity index (χ1) is 16.3. The predicted molar refractivity (Wildman–Crippen MR) is 123 cm³/mol. The number of nitrogens with zero attached hydrogens (tertiary/aromatic N) is 4. The zero-order valence-corrected chi connectivity index (χ0v) is 18.7. The second-order valence-electron chi connectivity index (χ2n) is 9.22. The van der Waals surface area contributed by atoms with Gasteiger partial charge in [0.1, 0.15) is 30.0 Å². The summed E-state index contributed by atoms with van der Waals surface area (Å²) in [7, 11) is 0. The first kappa shape index (κ1) is 21.1. The van der Waals surface area contributed by atoms with Gasteiger partial charge < -0.3 is 19.8 Å². The summed E-state index contributed by atoms with van der Waals surface area (Å²) in [6.45, 7) is 3.78. The van der Waals surface area contributed by atoms with E-state index in [0.717, 1.165) is 16.6 Å². The van der Waals surface area contributed by atoms with Crippen molar-refractivity contribution in [2.45, 2.75) is 50.7 Å². The molecule has 2 N–H and O–H groups in total. The van der Waals surface area contributed by atoms with Crippen molar-refractivity contribution in [3.05, 3.63) is 72.0 Å². The van der Waals surface area contributed by atoms with Crippen LogP contribution in [0.3, 0.4) is 0 Å². The SMILES string of the molecule is CC1(C)O[C@@H]2[C@H](O1)C(CCc1cc(F)c(F)c3ccncc13)=C[C@H]2n1ccc2c(N)ncnc21. The maximum atomic E-state index is 14.3. The second kappa shape index (κ2) is 7.54. The minimum atomic E-state index is -0.859. The molecule has 7 nitrogen and oxygen atoms in total. The molecular weight excluding hydrogens is 440 g/mol. The normalized spacial score (nSPS) is 23.5. The van der Waals surface area contributed by atoms with Crippen LogP contribution in [0.15, 0.2) is 54.8 Å². The number of fused-ring (bicyclic) bond motifs is 3.